The van der Waals surface area contributed by atoms with E-state index in [1.54, 1.807) is 18.3 Å². The number of aldehydes is 1. The fourth-order valence-corrected chi connectivity index (χ4v) is 2.90. The monoisotopic (exact) mass is 364 g/mol. The Balaban J connectivity index is 1.92. The van der Waals surface area contributed by atoms with Gasteiger partial charge in [-0.15, -0.1) is 11.3 Å². The van der Waals surface area contributed by atoms with Crippen LogP contribution >= 0.6 is 11.3 Å². The van der Waals surface area contributed by atoms with Crippen molar-refractivity contribution in [3.8, 4) is 10.4 Å². The van der Waals surface area contributed by atoms with Gasteiger partial charge in [-0.05, 0) is 36.2 Å². The van der Waals surface area contributed by atoms with Gasteiger partial charge < -0.3 is 5.32 Å². The Morgan fingerprint density at radius 2 is 2.00 bits per heavy atom. The molecule has 0 radical (unpaired) electrons. The number of nitrogens with one attached hydrogen (secondary N) is 1. The van der Waals surface area contributed by atoms with Crippen LogP contribution in [0.15, 0.2) is 36.7 Å². The van der Waals surface area contributed by atoms with Gasteiger partial charge in [-0.1, -0.05) is 6.07 Å². The number of halogens is 3. The molecular formula is C16H11F3N4OS. The number of thiazole rings is 1. The molecule has 0 fully saturated rings. The summed E-state index contributed by atoms with van der Waals surface area (Å²) in [5.41, 5.74) is 1.19. The molecule has 3 aromatic rings. The molecule has 0 atom stereocenters. The molecular weight excluding hydrogens is 353 g/mol. The standard InChI is InChI=1S/C16H11F3N4OS/c1-9-4-10(12-7-21-14(8-24)25-12)6-11(5-9)22-15-20-3-2-13(23-15)16(17,18)19/h2-8H,1H3,(H,20,22,23). The number of hydrogen-bond acceptors (Lipinski definition) is 6. The molecule has 25 heavy (non-hydrogen) atoms. The number of anilines is 2. The lowest BCUT2D eigenvalue weighted by molar-refractivity contribution is -0.141. The molecule has 0 aliphatic carbocycles. The van der Waals surface area contributed by atoms with Gasteiger partial charge in [0.25, 0.3) is 0 Å². The van der Waals surface area contributed by atoms with Crippen LogP contribution in [0.5, 0.6) is 0 Å². The first kappa shape index (κ1) is 17.0. The molecule has 128 valence electrons. The van der Waals surface area contributed by atoms with Gasteiger partial charge in [0.1, 0.15) is 5.69 Å². The van der Waals surface area contributed by atoms with Crippen molar-refractivity contribution in [2.45, 2.75) is 13.1 Å². The number of benzene rings is 1. The highest BCUT2D eigenvalue weighted by Gasteiger charge is 2.32. The summed E-state index contributed by atoms with van der Waals surface area (Å²) in [4.78, 5) is 22.8. The third kappa shape index (κ3) is 4.00. The van der Waals surface area contributed by atoms with Crippen molar-refractivity contribution < 1.29 is 18.0 Å². The van der Waals surface area contributed by atoms with Crippen LogP contribution in [0.2, 0.25) is 0 Å². The Morgan fingerprint density at radius 3 is 2.68 bits per heavy atom. The highest BCUT2D eigenvalue weighted by molar-refractivity contribution is 7.16. The Bertz CT molecular complexity index is 924. The van der Waals surface area contributed by atoms with Gasteiger partial charge in [0, 0.05) is 18.1 Å². The van der Waals surface area contributed by atoms with Gasteiger partial charge in [-0.25, -0.2) is 15.0 Å². The Hall–Kier alpha value is -2.81. The zero-order valence-corrected chi connectivity index (χ0v) is 13.6. The molecule has 9 heteroatoms. The zero-order chi connectivity index (χ0) is 18.0. The largest absolute Gasteiger partial charge is 0.433 e. The van der Waals surface area contributed by atoms with Gasteiger partial charge in [-0.2, -0.15) is 13.2 Å². The molecule has 0 saturated carbocycles. The minimum absolute atomic E-state index is 0.149. The summed E-state index contributed by atoms with van der Waals surface area (Å²) in [6.07, 6.45) is -1.24. The van der Waals surface area contributed by atoms with E-state index in [-0.39, 0.29) is 5.95 Å². The van der Waals surface area contributed by atoms with Gasteiger partial charge in [0.15, 0.2) is 11.3 Å². The van der Waals surface area contributed by atoms with E-state index in [0.717, 1.165) is 28.3 Å². The summed E-state index contributed by atoms with van der Waals surface area (Å²) in [6, 6.07) is 6.19. The average Bonchev–Trinajstić information content (AvgIpc) is 3.03. The maximum atomic E-state index is 12.7. The predicted molar refractivity (Wildman–Crippen MR) is 88.0 cm³/mol. The molecule has 0 bridgehead atoms. The minimum atomic E-state index is -4.54. The number of alkyl halides is 3. The molecule has 3 rings (SSSR count). The maximum absolute atomic E-state index is 12.7. The normalized spacial score (nSPS) is 11.4. The lowest BCUT2D eigenvalue weighted by Gasteiger charge is -2.10. The quantitative estimate of drug-likeness (QED) is 0.691. The van der Waals surface area contributed by atoms with E-state index in [9.17, 15) is 18.0 Å². The van der Waals surface area contributed by atoms with Crippen molar-refractivity contribution in [2.24, 2.45) is 0 Å². The van der Waals surface area contributed by atoms with Crippen LogP contribution in [-0.4, -0.2) is 21.2 Å². The molecule has 5 nitrogen and oxygen atoms in total. The SMILES string of the molecule is Cc1cc(Nc2nccc(C(F)(F)F)n2)cc(-c2cnc(C=O)s2)c1. The highest BCUT2D eigenvalue weighted by Crippen LogP contribution is 2.31. The average molecular weight is 364 g/mol. The Kier molecular flexibility index (Phi) is 4.49. The second kappa shape index (κ2) is 6.60. The number of aromatic nitrogens is 3. The second-order valence-corrected chi connectivity index (χ2v) is 6.22. The molecule has 0 spiro atoms. The van der Waals surface area contributed by atoms with Crippen LogP contribution in [-0.2, 0) is 6.18 Å². The summed E-state index contributed by atoms with van der Waals surface area (Å²) in [5, 5.41) is 3.13. The van der Waals surface area contributed by atoms with Crippen LogP contribution in [0.4, 0.5) is 24.8 Å². The smallest absolute Gasteiger partial charge is 0.324 e. The van der Waals surface area contributed by atoms with Crippen molar-refractivity contribution in [1.82, 2.24) is 15.0 Å². The van der Waals surface area contributed by atoms with Crippen LogP contribution < -0.4 is 5.32 Å². The van der Waals surface area contributed by atoms with Crippen molar-refractivity contribution >= 4 is 29.3 Å². The van der Waals surface area contributed by atoms with Crippen molar-refractivity contribution in [3.05, 3.63) is 52.9 Å². The Morgan fingerprint density at radius 1 is 1.20 bits per heavy atom. The Labute approximate surface area is 144 Å². The molecule has 1 N–H and O–H groups in total. The lowest BCUT2D eigenvalue weighted by atomic mass is 10.1. The number of carbonyl (C=O) groups is 1. The summed E-state index contributed by atoms with van der Waals surface area (Å²) < 4.78 is 38.2. The first-order valence-electron chi connectivity index (χ1n) is 7.05. The fraction of sp³-hybridized carbons (Fsp3) is 0.125. The number of hydrogen-bond donors (Lipinski definition) is 1. The summed E-state index contributed by atoms with van der Waals surface area (Å²) in [5.74, 6) is -0.149. The third-order valence-electron chi connectivity index (χ3n) is 3.19. The molecule has 2 aromatic heterocycles. The van der Waals surface area contributed by atoms with E-state index in [1.165, 1.54) is 11.3 Å². The molecule has 0 saturated heterocycles. The molecule has 0 unspecified atom stereocenters. The van der Waals surface area contributed by atoms with Crippen molar-refractivity contribution in [2.75, 3.05) is 5.32 Å². The van der Waals surface area contributed by atoms with E-state index in [4.69, 9.17) is 0 Å². The van der Waals surface area contributed by atoms with Gasteiger partial charge in [-0.3, -0.25) is 4.79 Å². The van der Waals surface area contributed by atoms with E-state index in [2.05, 4.69) is 20.3 Å². The molecule has 0 aliphatic heterocycles. The van der Waals surface area contributed by atoms with Gasteiger partial charge >= 0.3 is 6.18 Å². The number of rotatable bonds is 4. The van der Waals surface area contributed by atoms with Crippen LogP contribution in [0.25, 0.3) is 10.4 Å². The topological polar surface area (TPSA) is 67.8 Å². The second-order valence-electron chi connectivity index (χ2n) is 5.16. The number of nitrogens with zero attached hydrogens (tertiary/aromatic N) is 3. The van der Waals surface area contributed by atoms with E-state index in [0.29, 0.717) is 17.0 Å². The van der Waals surface area contributed by atoms with Crippen LogP contribution in [0.1, 0.15) is 21.1 Å². The zero-order valence-electron chi connectivity index (χ0n) is 12.8. The number of carbonyl (C=O) groups excluding carboxylic acids is 1. The first-order valence-corrected chi connectivity index (χ1v) is 7.87. The predicted octanol–water partition coefficient (Wildman–Crippen LogP) is 4.48. The summed E-state index contributed by atoms with van der Waals surface area (Å²) in [7, 11) is 0. The molecule has 2 heterocycles. The van der Waals surface area contributed by atoms with E-state index in [1.807, 2.05) is 13.0 Å². The van der Waals surface area contributed by atoms with Crippen LogP contribution in [0.3, 0.4) is 0 Å². The summed E-state index contributed by atoms with van der Waals surface area (Å²) in [6.45, 7) is 1.85. The molecule has 0 amide bonds. The van der Waals surface area contributed by atoms with Gasteiger partial charge in [0.2, 0.25) is 5.95 Å². The van der Waals surface area contributed by atoms with E-state index >= 15 is 0 Å². The first-order chi connectivity index (χ1) is 11.8. The summed E-state index contributed by atoms with van der Waals surface area (Å²) >= 11 is 1.23. The fourth-order valence-electron chi connectivity index (χ4n) is 2.18. The van der Waals surface area contributed by atoms with Crippen molar-refractivity contribution in [1.29, 1.82) is 0 Å². The van der Waals surface area contributed by atoms with E-state index < -0.39 is 11.9 Å². The maximum Gasteiger partial charge on any atom is 0.433 e. The number of aryl methyl sites for hydroxylation is 1. The molecule has 0 aliphatic rings. The third-order valence-corrected chi connectivity index (χ3v) is 4.16. The van der Waals surface area contributed by atoms with Gasteiger partial charge in [0.05, 0.1) is 4.88 Å². The molecule has 1 aromatic carbocycles. The van der Waals surface area contributed by atoms with Crippen LogP contribution in [0, 0.1) is 6.92 Å². The highest BCUT2D eigenvalue weighted by atomic mass is 32.1. The lowest BCUT2D eigenvalue weighted by Crippen LogP contribution is -2.10. The van der Waals surface area contributed by atoms with Crippen molar-refractivity contribution in [3.63, 3.8) is 0 Å². The minimum Gasteiger partial charge on any atom is -0.324 e.